The molecule has 0 spiro atoms. The molecule has 0 aliphatic carbocycles. The molecule has 2 nitrogen and oxygen atoms in total. The topological polar surface area (TPSA) is 34.1 Å². The number of hydrogen-bond acceptors (Lipinski definition) is 2. The van der Waals surface area contributed by atoms with Crippen molar-refractivity contribution in [3.8, 4) is 0 Å². The van der Waals surface area contributed by atoms with Gasteiger partial charge in [0, 0.05) is 32.8 Å². The van der Waals surface area contributed by atoms with Crippen LogP contribution in [0.4, 0.5) is 0 Å². The summed E-state index contributed by atoms with van der Waals surface area (Å²) < 4.78 is 12.3. The third-order valence-electron chi connectivity index (χ3n) is 5.21. The largest absolute Gasteiger partial charge is 0.294 e. The molecule has 0 N–H and O–H groups in total. The van der Waals surface area contributed by atoms with E-state index in [2.05, 4.69) is 31.8 Å². The van der Waals surface area contributed by atoms with Gasteiger partial charge in [0.25, 0.3) is 0 Å². The summed E-state index contributed by atoms with van der Waals surface area (Å²) in [6.45, 7) is 6.96. The highest BCUT2D eigenvalue weighted by molar-refractivity contribution is 7.86. The van der Waals surface area contributed by atoms with Crippen LogP contribution in [-0.2, 0) is 10.8 Å². The van der Waals surface area contributed by atoms with Gasteiger partial charge in [-0.25, -0.2) is 0 Å². The van der Waals surface area contributed by atoms with Crippen molar-refractivity contribution in [1.82, 2.24) is 0 Å². The molecule has 1 aromatic carbocycles. The van der Waals surface area contributed by atoms with Crippen molar-refractivity contribution in [1.29, 1.82) is 0 Å². The van der Waals surface area contributed by atoms with Crippen LogP contribution in [0.1, 0.15) is 42.5 Å². The van der Waals surface area contributed by atoms with Crippen molar-refractivity contribution < 1.29 is 9.00 Å². The summed E-state index contributed by atoms with van der Waals surface area (Å²) in [4.78, 5) is 12.8. The van der Waals surface area contributed by atoms with E-state index >= 15 is 0 Å². The molecule has 120 valence electrons. The van der Waals surface area contributed by atoms with Crippen LogP contribution >= 0.6 is 0 Å². The van der Waals surface area contributed by atoms with Crippen molar-refractivity contribution in [3.05, 3.63) is 29.8 Å². The number of hydrogen-bond donors (Lipinski definition) is 0. The summed E-state index contributed by atoms with van der Waals surface area (Å²) in [6, 6.07) is 8.30. The molecule has 0 amide bonds. The molecule has 2 unspecified atom stereocenters. The quantitative estimate of drug-likeness (QED) is 0.626. The number of rotatable bonds is 3. The van der Waals surface area contributed by atoms with Gasteiger partial charge in [-0.3, -0.25) is 9.00 Å². The number of ketones is 1. The Labute approximate surface area is 137 Å². The molecule has 1 aromatic rings. The fraction of sp³-hybridized carbons (Fsp3) is 0.611. The zero-order valence-corrected chi connectivity index (χ0v) is 15.6. The summed E-state index contributed by atoms with van der Waals surface area (Å²) in [5, 5.41) is 1.93. The lowest BCUT2D eigenvalue weighted by atomic mass is 9.84. The first kappa shape index (κ1) is 16.1. The predicted molar refractivity (Wildman–Crippen MR) is 96.0 cm³/mol. The highest BCUT2D eigenvalue weighted by atomic mass is 32.2. The first-order valence-electron chi connectivity index (χ1n) is 8.40. The minimum Gasteiger partial charge on any atom is -0.294 e. The van der Waals surface area contributed by atoms with E-state index in [0.717, 1.165) is 31.2 Å². The van der Waals surface area contributed by atoms with Gasteiger partial charge in [-0.05, 0) is 25.7 Å². The second kappa shape index (κ2) is 6.04. The van der Waals surface area contributed by atoms with Crippen LogP contribution in [-0.4, -0.2) is 28.6 Å². The average molecular weight is 335 g/mol. The minimum atomic E-state index is -1.31. The Morgan fingerprint density at radius 1 is 1.05 bits per heavy atom. The van der Waals surface area contributed by atoms with E-state index in [1.165, 1.54) is 11.6 Å². The Bertz CT molecular complexity index is 572. The molecule has 2 aliphatic rings. The van der Waals surface area contributed by atoms with E-state index in [1.807, 2.05) is 12.1 Å². The van der Waals surface area contributed by atoms with E-state index in [4.69, 9.17) is 0 Å². The average Bonchev–Trinajstić information content (AvgIpc) is 2.45. The van der Waals surface area contributed by atoms with Crippen LogP contribution in [0.3, 0.4) is 0 Å². The SMILES string of the molecule is C[Si](C)(C)c1ccc(C(=O)C2CC3CCCC(C2)S3=O)cc1. The van der Waals surface area contributed by atoms with Crippen molar-refractivity contribution in [2.45, 2.75) is 62.2 Å². The van der Waals surface area contributed by atoms with Gasteiger partial charge in [-0.1, -0.05) is 55.5 Å². The van der Waals surface area contributed by atoms with Crippen LogP contribution in [0.5, 0.6) is 0 Å². The fourth-order valence-electron chi connectivity index (χ4n) is 3.82. The molecule has 2 atom stereocenters. The molecule has 2 fully saturated rings. The molecular weight excluding hydrogens is 308 g/mol. The molecular formula is C18H26O2SSi. The second-order valence-electron chi connectivity index (χ2n) is 7.86. The van der Waals surface area contributed by atoms with Gasteiger partial charge >= 0.3 is 0 Å². The summed E-state index contributed by atoms with van der Waals surface area (Å²) in [5.41, 5.74) is 0.845. The van der Waals surface area contributed by atoms with Crippen molar-refractivity contribution in [2.75, 3.05) is 0 Å². The first-order valence-corrected chi connectivity index (χ1v) is 13.2. The summed E-state index contributed by atoms with van der Waals surface area (Å²) in [6.07, 6.45) is 4.94. The van der Waals surface area contributed by atoms with Crippen LogP contribution in [0, 0.1) is 5.92 Å². The normalized spacial score (nSPS) is 31.8. The second-order valence-corrected chi connectivity index (χ2v) is 14.9. The summed E-state index contributed by atoms with van der Waals surface area (Å²) in [7, 11) is -2.00. The van der Waals surface area contributed by atoms with Gasteiger partial charge in [0.1, 0.15) is 0 Å². The lowest BCUT2D eigenvalue weighted by Crippen LogP contribution is -2.41. The number of carbonyl (C=O) groups excluding carboxylic acids is 1. The van der Waals surface area contributed by atoms with E-state index in [0.29, 0.717) is 0 Å². The Morgan fingerprint density at radius 3 is 2.09 bits per heavy atom. The van der Waals surface area contributed by atoms with E-state index in [9.17, 15) is 9.00 Å². The minimum absolute atomic E-state index is 0.0886. The van der Waals surface area contributed by atoms with E-state index in [1.54, 1.807) is 0 Å². The molecule has 0 aromatic heterocycles. The number of benzene rings is 1. The van der Waals surface area contributed by atoms with Crippen molar-refractivity contribution in [2.24, 2.45) is 5.92 Å². The zero-order chi connectivity index (χ0) is 15.9. The van der Waals surface area contributed by atoms with Crippen LogP contribution in [0.2, 0.25) is 19.6 Å². The van der Waals surface area contributed by atoms with Crippen molar-refractivity contribution >= 4 is 29.8 Å². The van der Waals surface area contributed by atoms with Crippen LogP contribution < -0.4 is 5.19 Å². The zero-order valence-electron chi connectivity index (χ0n) is 13.8. The Kier molecular flexibility index (Phi) is 4.43. The molecule has 3 rings (SSSR count). The molecule has 0 saturated carbocycles. The predicted octanol–water partition coefficient (Wildman–Crippen LogP) is 3.49. The lowest BCUT2D eigenvalue weighted by Gasteiger charge is -2.37. The Balaban J connectivity index is 1.75. The van der Waals surface area contributed by atoms with Gasteiger partial charge in [0.05, 0.1) is 8.07 Å². The molecule has 2 bridgehead atoms. The van der Waals surface area contributed by atoms with Gasteiger partial charge in [-0.2, -0.15) is 0 Å². The smallest absolute Gasteiger partial charge is 0.166 e. The molecule has 2 saturated heterocycles. The third-order valence-corrected chi connectivity index (χ3v) is 9.45. The Morgan fingerprint density at radius 2 is 1.59 bits per heavy atom. The molecule has 2 heterocycles. The van der Waals surface area contributed by atoms with Gasteiger partial charge in [0.2, 0.25) is 0 Å². The molecule has 22 heavy (non-hydrogen) atoms. The van der Waals surface area contributed by atoms with Crippen LogP contribution in [0.25, 0.3) is 0 Å². The maximum absolute atomic E-state index is 12.8. The Hall–Kier alpha value is -0.743. The highest BCUT2D eigenvalue weighted by Gasteiger charge is 2.40. The maximum atomic E-state index is 12.8. The number of Topliss-reactive ketones (excluding diaryl/α,β-unsaturated/α-hetero) is 1. The van der Waals surface area contributed by atoms with Crippen molar-refractivity contribution in [3.63, 3.8) is 0 Å². The highest BCUT2D eigenvalue weighted by Crippen LogP contribution is 2.38. The number of fused-ring (bicyclic) bond motifs is 2. The summed E-state index contributed by atoms with van der Waals surface area (Å²) >= 11 is 0. The van der Waals surface area contributed by atoms with E-state index < -0.39 is 18.9 Å². The molecule has 4 heteroatoms. The maximum Gasteiger partial charge on any atom is 0.166 e. The van der Waals surface area contributed by atoms with Gasteiger partial charge in [-0.15, -0.1) is 0 Å². The monoisotopic (exact) mass is 334 g/mol. The number of carbonyl (C=O) groups is 1. The molecule has 2 aliphatic heterocycles. The van der Waals surface area contributed by atoms with Gasteiger partial charge < -0.3 is 0 Å². The first-order chi connectivity index (χ1) is 10.4. The fourth-order valence-corrected chi connectivity index (χ4v) is 7.17. The standard InChI is InChI=1S/C18H26O2SSi/c1-22(2,3)17-9-7-13(8-10-17)18(19)14-11-15-5-4-6-16(12-14)21(15)20/h7-10,14-16H,4-6,11-12H2,1-3H3. The molecule has 0 radical (unpaired) electrons. The lowest BCUT2D eigenvalue weighted by molar-refractivity contribution is 0.0895. The summed E-state index contributed by atoms with van der Waals surface area (Å²) in [5.74, 6) is 0.362. The van der Waals surface area contributed by atoms with Crippen LogP contribution in [0.15, 0.2) is 24.3 Å². The van der Waals surface area contributed by atoms with Gasteiger partial charge in [0.15, 0.2) is 5.78 Å². The van der Waals surface area contributed by atoms with E-state index in [-0.39, 0.29) is 22.2 Å². The third kappa shape index (κ3) is 3.13.